The van der Waals surface area contributed by atoms with Gasteiger partial charge in [0.05, 0.1) is 37.0 Å². The lowest BCUT2D eigenvalue weighted by Crippen LogP contribution is -2.57. The molecule has 14 heteroatoms. The van der Waals surface area contributed by atoms with E-state index in [1.165, 1.54) is 0 Å². The van der Waals surface area contributed by atoms with Crippen LogP contribution in [0.5, 0.6) is 0 Å². The first-order valence-corrected chi connectivity index (χ1v) is 19.7. The number of likely N-dealkylation sites (N-methyl/N-ethyl adjacent to an activating group) is 1. The van der Waals surface area contributed by atoms with Gasteiger partial charge in [0.25, 0.3) is 5.56 Å². The number of aromatic nitrogens is 2. The van der Waals surface area contributed by atoms with E-state index in [9.17, 15) is 27.9 Å². The summed E-state index contributed by atoms with van der Waals surface area (Å²) < 4.78 is 51.2. The monoisotopic (exact) mass is 732 g/mol. The summed E-state index contributed by atoms with van der Waals surface area (Å²) in [5.74, 6) is 0.826. The fraction of sp³-hybridized carbons (Fsp3) is 0.857. The average molecular weight is 733 g/mol. The number of hydrogen-bond donors (Lipinski definition) is 2. The van der Waals surface area contributed by atoms with Gasteiger partial charge in [0.1, 0.15) is 5.82 Å². The van der Waals surface area contributed by atoms with Gasteiger partial charge < -0.3 is 20.1 Å². The van der Waals surface area contributed by atoms with Gasteiger partial charge in [-0.3, -0.25) is 18.9 Å². The number of nitrogens with zero attached hydrogens (tertiary/aromatic N) is 3. The first-order chi connectivity index (χ1) is 23.3. The van der Waals surface area contributed by atoms with Crippen molar-refractivity contribution in [1.29, 1.82) is 0 Å². The standard InChI is InChI=1S/C35H52ClF3N4O5S/c1-19-13-26(32-31(40-19)28(18-49-32)34(45)46)25-15-22(36)7-10-30(25)47-12-11-43-20(2)41-29-9-8-23(16-27(29)33(43)44)42(3)17-21-5-4-6-24(14-21)48-35(37,38)39/h19,21-26,28,30-32,40H,4-18H2,1-3H3,(H,45,46). The highest BCUT2D eigenvalue weighted by molar-refractivity contribution is 8.00. The summed E-state index contributed by atoms with van der Waals surface area (Å²) in [6, 6.07) is 0.285. The molecule has 4 fully saturated rings. The van der Waals surface area contributed by atoms with Gasteiger partial charge in [-0.15, -0.1) is 24.8 Å². The zero-order valence-electron chi connectivity index (χ0n) is 28.8. The van der Waals surface area contributed by atoms with Crippen molar-refractivity contribution >= 4 is 29.3 Å². The molecule has 0 spiro atoms. The molecule has 6 rings (SSSR count). The Hall–Kier alpha value is -1.38. The summed E-state index contributed by atoms with van der Waals surface area (Å²) >= 11 is 8.51. The molecule has 9 nitrogen and oxygen atoms in total. The number of piperidine rings is 1. The third-order valence-electron chi connectivity index (χ3n) is 12.0. The van der Waals surface area contributed by atoms with Crippen LogP contribution in [0.25, 0.3) is 0 Å². The van der Waals surface area contributed by atoms with Crippen molar-refractivity contribution in [3.05, 3.63) is 27.4 Å². The second-order valence-corrected chi connectivity index (χ2v) is 17.1. The molecule has 0 aromatic carbocycles. The maximum absolute atomic E-state index is 13.9. The van der Waals surface area contributed by atoms with E-state index in [0.29, 0.717) is 62.9 Å². The van der Waals surface area contributed by atoms with Crippen molar-refractivity contribution in [3.63, 3.8) is 0 Å². The second-order valence-electron chi connectivity index (χ2n) is 15.3. The van der Waals surface area contributed by atoms with E-state index in [2.05, 4.69) is 21.9 Å². The van der Waals surface area contributed by atoms with Gasteiger partial charge in [0, 0.05) is 46.6 Å². The van der Waals surface area contributed by atoms with Crippen LogP contribution < -0.4 is 10.9 Å². The molecule has 2 aliphatic heterocycles. The third-order valence-corrected chi connectivity index (χ3v) is 13.9. The lowest BCUT2D eigenvalue weighted by atomic mass is 9.70. The van der Waals surface area contributed by atoms with Gasteiger partial charge in [0.2, 0.25) is 0 Å². The van der Waals surface area contributed by atoms with Crippen LogP contribution in [0.4, 0.5) is 13.2 Å². The number of hydrogen-bond acceptors (Lipinski definition) is 8. The predicted octanol–water partition coefficient (Wildman–Crippen LogP) is 5.41. The molecule has 1 aromatic rings. The number of thioether (sulfide) groups is 1. The third kappa shape index (κ3) is 8.81. The lowest BCUT2D eigenvalue weighted by Gasteiger charge is -2.47. The molecule has 3 aliphatic carbocycles. The Balaban J connectivity index is 1.08. The Morgan fingerprint density at radius 2 is 1.96 bits per heavy atom. The summed E-state index contributed by atoms with van der Waals surface area (Å²) in [6.07, 6.45) is 2.67. The fourth-order valence-electron chi connectivity index (χ4n) is 9.62. The van der Waals surface area contributed by atoms with E-state index < -0.39 is 24.4 Å². The second kappa shape index (κ2) is 15.7. The van der Waals surface area contributed by atoms with Gasteiger partial charge in [-0.2, -0.15) is 11.8 Å². The van der Waals surface area contributed by atoms with Crippen LogP contribution in [-0.2, 0) is 33.7 Å². The Kier molecular flexibility index (Phi) is 12.0. The predicted molar refractivity (Wildman–Crippen MR) is 183 cm³/mol. The highest BCUT2D eigenvalue weighted by Crippen LogP contribution is 2.48. The number of aliphatic carboxylic acids is 1. The van der Waals surface area contributed by atoms with Gasteiger partial charge >= 0.3 is 12.3 Å². The number of halogens is 4. The Labute approximate surface area is 296 Å². The largest absolute Gasteiger partial charge is 0.522 e. The zero-order chi connectivity index (χ0) is 35.0. The lowest BCUT2D eigenvalue weighted by molar-refractivity contribution is -0.346. The van der Waals surface area contributed by atoms with Crippen LogP contribution in [0.1, 0.15) is 81.8 Å². The molecule has 2 saturated carbocycles. The normalized spacial score (nSPS) is 36.8. The highest BCUT2D eigenvalue weighted by atomic mass is 35.5. The molecule has 11 atom stereocenters. The van der Waals surface area contributed by atoms with E-state index in [1.807, 2.05) is 14.0 Å². The van der Waals surface area contributed by atoms with Gasteiger partial charge in [-0.25, -0.2) is 4.98 Å². The smallest absolute Gasteiger partial charge is 0.481 e. The molecule has 11 unspecified atom stereocenters. The minimum absolute atomic E-state index is 0.00373. The minimum atomic E-state index is -4.61. The van der Waals surface area contributed by atoms with Crippen molar-refractivity contribution in [2.75, 3.05) is 26.0 Å². The Morgan fingerprint density at radius 1 is 1.16 bits per heavy atom. The van der Waals surface area contributed by atoms with Crippen LogP contribution >= 0.6 is 23.4 Å². The summed E-state index contributed by atoms with van der Waals surface area (Å²) in [6.45, 7) is 5.46. The number of carbonyl (C=O) groups is 1. The van der Waals surface area contributed by atoms with Crippen molar-refractivity contribution in [3.8, 4) is 0 Å². The maximum Gasteiger partial charge on any atom is 0.522 e. The molecule has 2 saturated heterocycles. The number of carboxylic acids is 1. The topological polar surface area (TPSA) is 106 Å². The Bertz CT molecular complexity index is 1390. The number of aryl methyl sites for hydroxylation is 2. The van der Waals surface area contributed by atoms with Crippen LogP contribution in [-0.4, -0.2) is 98.8 Å². The first-order valence-electron chi connectivity index (χ1n) is 18.2. The number of rotatable bonds is 10. The van der Waals surface area contributed by atoms with Gasteiger partial charge in [-0.1, -0.05) is 6.42 Å². The van der Waals surface area contributed by atoms with E-state index >= 15 is 0 Å². The number of carboxylic acid groups (broad SMARTS) is 1. The van der Waals surface area contributed by atoms with Crippen molar-refractivity contribution < 1.29 is 32.5 Å². The van der Waals surface area contributed by atoms with Crippen molar-refractivity contribution in [1.82, 2.24) is 19.8 Å². The van der Waals surface area contributed by atoms with Crippen LogP contribution in [0, 0.1) is 30.6 Å². The molecule has 0 bridgehead atoms. The maximum atomic E-state index is 13.9. The van der Waals surface area contributed by atoms with E-state index in [0.717, 1.165) is 56.2 Å². The summed E-state index contributed by atoms with van der Waals surface area (Å²) in [7, 11) is 2.01. The number of alkyl halides is 4. The van der Waals surface area contributed by atoms with Crippen molar-refractivity contribution in [2.24, 2.45) is 23.7 Å². The highest BCUT2D eigenvalue weighted by Gasteiger charge is 2.51. The summed E-state index contributed by atoms with van der Waals surface area (Å²) in [5.41, 5.74) is 1.56. The van der Waals surface area contributed by atoms with E-state index in [1.54, 1.807) is 16.3 Å². The average Bonchev–Trinajstić information content (AvgIpc) is 3.46. The van der Waals surface area contributed by atoms with Crippen LogP contribution in [0.15, 0.2) is 4.79 Å². The van der Waals surface area contributed by atoms with E-state index in [4.69, 9.17) is 21.3 Å². The molecule has 1 aromatic heterocycles. The fourth-order valence-corrected chi connectivity index (χ4v) is 11.8. The number of fused-ring (bicyclic) bond motifs is 2. The van der Waals surface area contributed by atoms with Crippen LogP contribution in [0.2, 0.25) is 0 Å². The van der Waals surface area contributed by atoms with Crippen molar-refractivity contribution in [2.45, 2.75) is 138 Å². The van der Waals surface area contributed by atoms with Gasteiger partial charge in [0.15, 0.2) is 0 Å². The van der Waals surface area contributed by atoms with Gasteiger partial charge in [-0.05, 0) is 103 Å². The molecular weight excluding hydrogens is 681 g/mol. The molecule has 2 N–H and O–H groups in total. The summed E-state index contributed by atoms with van der Waals surface area (Å²) in [4.78, 5) is 33.0. The zero-order valence-corrected chi connectivity index (χ0v) is 30.4. The van der Waals surface area contributed by atoms with Crippen LogP contribution in [0.3, 0.4) is 0 Å². The molecule has 276 valence electrons. The number of ether oxygens (including phenoxy) is 2. The molecule has 3 heterocycles. The Morgan fingerprint density at radius 3 is 2.71 bits per heavy atom. The summed E-state index contributed by atoms with van der Waals surface area (Å²) in [5, 5.41) is 13.7. The minimum Gasteiger partial charge on any atom is -0.481 e. The molecule has 0 radical (unpaired) electrons. The number of nitrogens with one attached hydrogen (secondary N) is 1. The molecule has 5 aliphatic rings. The SMILES string of the molecule is Cc1nc2c(c(=O)n1CCOC1CCC(Cl)CC1C1CC(C)NC3C(C(=O)O)CSC13)CC(N(C)CC1CCCC(OC(F)(F)F)C1)CC2. The van der Waals surface area contributed by atoms with E-state index in [-0.39, 0.29) is 52.3 Å². The molecular formula is C35H52ClF3N4O5S. The first kappa shape index (κ1) is 37.4. The quantitative estimate of drug-likeness (QED) is 0.306. The molecule has 49 heavy (non-hydrogen) atoms. The molecule has 0 amide bonds.